The topological polar surface area (TPSA) is 49.9 Å². The molecule has 1 fully saturated rings. The molecule has 1 saturated heterocycles. The Bertz CT molecular complexity index is 646. The van der Waals surface area contributed by atoms with Gasteiger partial charge in [-0.3, -0.25) is 4.79 Å². The Labute approximate surface area is 155 Å². The molecule has 0 saturated carbocycles. The minimum atomic E-state index is -0.960. The number of nitrogens with zero attached hydrogens (tertiary/aromatic N) is 2. The largest absolute Gasteiger partial charge is 0.449 e. The number of amides is 2. The van der Waals surface area contributed by atoms with Crippen molar-refractivity contribution in [1.29, 1.82) is 0 Å². The highest BCUT2D eigenvalue weighted by atomic mass is 19.1. The summed E-state index contributed by atoms with van der Waals surface area (Å²) in [5.74, 6) is -0.217. The van der Waals surface area contributed by atoms with Gasteiger partial charge in [-0.2, -0.15) is 0 Å². The van der Waals surface area contributed by atoms with E-state index >= 15 is 0 Å². The highest BCUT2D eigenvalue weighted by Crippen LogP contribution is 2.28. The molecule has 0 N–H and O–H groups in total. The molecule has 0 radical (unpaired) electrons. The van der Waals surface area contributed by atoms with E-state index in [0.29, 0.717) is 44.8 Å². The SMILES string of the molecule is CC(C)COC(=O)N1CCCN(C(=O)C(C)(C)c2ccccc2F)CC1. The molecule has 0 spiro atoms. The van der Waals surface area contributed by atoms with Crippen LogP contribution in [0.4, 0.5) is 9.18 Å². The van der Waals surface area contributed by atoms with Crippen molar-refractivity contribution in [2.24, 2.45) is 5.92 Å². The van der Waals surface area contributed by atoms with E-state index in [4.69, 9.17) is 4.74 Å². The van der Waals surface area contributed by atoms with E-state index in [1.54, 1.807) is 41.8 Å². The predicted molar refractivity (Wildman–Crippen MR) is 98.4 cm³/mol. The fourth-order valence-corrected chi connectivity index (χ4v) is 3.11. The van der Waals surface area contributed by atoms with Gasteiger partial charge < -0.3 is 14.5 Å². The van der Waals surface area contributed by atoms with E-state index < -0.39 is 5.41 Å². The summed E-state index contributed by atoms with van der Waals surface area (Å²) in [5.41, 5.74) is -0.569. The predicted octanol–water partition coefficient (Wildman–Crippen LogP) is 3.43. The third kappa shape index (κ3) is 4.74. The van der Waals surface area contributed by atoms with Crippen molar-refractivity contribution in [3.8, 4) is 0 Å². The molecule has 5 nitrogen and oxygen atoms in total. The Morgan fingerprint density at radius 3 is 2.38 bits per heavy atom. The third-order valence-electron chi connectivity index (χ3n) is 4.66. The van der Waals surface area contributed by atoms with Crippen LogP contribution in [0.1, 0.15) is 39.7 Å². The van der Waals surface area contributed by atoms with Crippen molar-refractivity contribution in [2.75, 3.05) is 32.8 Å². The van der Waals surface area contributed by atoms with Gasteiger partial charge in [-0.05, 0) is 32.3 Å². The minimum absolute atomic E-state index is 0.125. The van der Waals surface area contributed by atoms with Crippen LogP contribution in [0.2, 0.25) is 0 Å². The Hall–Kier alpha value is -2.11. The van der Waals surface area contributed by atoms with Gasteiger partial charge in [0.15, 0.2) is 0 Å². The summed E-state index contributed by atoms with van der Waals surface area (Å²) in [7, 11) is 0. The molecule has 1 aliphatic heterocycles. The molecule has 1 aromatic rings. The number of carbonyl (C=O) groups is 2. The molecule has 2 rings (SSSR count). The zero-order chi connectivity index (χ0) is 19.3. The summed E-state index contributed by atoms with van der Waals surface area (Å²) >= 11 is 0. The molecule has 1 aromatic carbocycles. The third-order valence-corrected chi connectivity index (χ3v) is 4.66. The number of hydrogen-bond acceptors (Lipinski definition) is 3. The van der Waals surface area contributed by atoms with Crippen molar-refractivity contribution in [2.45, 2.75) is 39.5 Å². The summed E-state index contributed by atoms with van der Waals surface area (Å²) in [6, 6.07) is 6.38. The van der Waals surface area contributed by atoms with Gasteiger partial charge >= 0.3 is 6.09 Å². The van der Waals surface area contributed by atoms with Crippen molar-refractivity contribution in [1.82, 2.24) is 9.80 Å². The maximum atomic E-state index is 14.2. The maximum Gasteiger partial charge on any atom is 0.409 e. The zero-order valence-corrected chi connectivity index (χ0v) is 16.1. The number of hydrogen-bond donors (Lipinski definition) is 0. The lowest BCUT2D eigenvalue weighted by Gasteiger charge is -2.32. The highest BCUT2D eigenvalue weighted by Gasteiger charge is 2.36. The van der Waals surface area contributed by atoms with Gasteiger partial charge in [0, 0.05) is 31.7 Å². The molecule has 0 aliphatic carbocycles. The lowest BCUT2D eigenvalue weighted by atomic mass is 9.82. The van der Waals surface area contributed by atoms with E-state index in [9.17, 15) is 14.0 Å². The minimum Gasteiger partial charge on any atom is -0.449 e. The second-order valence-electron chi connectivity index (χ2n) is 7.71. The van der Waals surface area contributed by atoms with Crippen LogP contribution in [0.15, 0.2) is 24.3 Å². The molecule has 1 aliphatic rings. The number of ether oxygens (including phenoxy) is 1. The van der Waals surface area contributed by atoms with E-state index in [2.05, 4.69) is 0 Å². The van der Waals surface area contributed by atoms with E-state index in [1.165, 1.54) is 6.07 Å². The molecule has 0 bridgehead atoms. The molecule has 0 atom stereocenters. The summed E-state index contributed by atoms with van der Waals surface area (Å²) in [5, 5.41) is 0. The van der Waals surface area contributed by atoms with Crippen LogP contribution < -0.4 is 0 Å². The van der Waals surface area contributed by atoms with Crippen LogP contribution in [0.25, 0.3) is 0 Å². The standard InChI is InChI=1S/C20H29FN2O3/c1-15(2)14-26-19(25)23-11-7-10-22(12-13-23)18(24)20(3,4)16-8-5-6-9-17(16)21/h5-6,8-9,15H,7,10-14H2,1-4H3. The van der Waals surface area contributed by atoms with E-state index in [0.717, 1.165) is 0 Å². The maximum absolute atomic E-state index is 14.2. The van der Waals surface area contributed by atoms with Crippen LogP contribution in [0, 0.1) is 11.7 Å². The number of carbonyl (C=O) groups excluding carboxylic acids is 2. The first-order chi connectivity index (χ1) is 12.2. The van der Waals surface area contributed by atoms with Crippen molar-refractivity contribution >= 4 is 12.0 Å². The normalized spacial score (nSPS) is 15.8. The van der Waals surface area contributed by atoms with E-state index in [1.807, 2.05) is 13.8 Å². The summed E-state index contributed by atoms with van der Waals surface area (Å²) in [6.45, 7) is 9.80. The first-order valence-electron chi connectivity index (χ1n) is 9.19. The van der Waals surface area contributed by atoms with Crippen molar-refractivity contribution < 1.29 is 18.7 Å². The highest BCUT2D eigenvalue weighted by molar-refractivity contribution is 5.87. The number of rotatable bonds is 4. The van der Waals surface area contributed by atoms with Crippen LogP contribution in [-0.2, 0) is 14.9 Å². The lowest BCUT2D eigenvalue weighted by molar-refractivity contribution is -0.136. The van der Waals surface area contributed by atoms with Crippen LogP contribution in [0.5, 0.6) is 0 Å². The van der Waals surface area contributed by atoms with Gasteiger partial charge in [-0.1, -0.05) is 32.0 Å². The molecule has 26 heavy (non-hydrogen) atoms. The van der Waals surface area contributed by atoms with Gasteiger partial charge in [0.2, 0.25) is 5.91 Å². The molecule has 144 valence electrons. The quantitative estimate of drug-likeness (QED) is 0.822. The van der Waals surface area contributed by atoms with Gasteiger partial charge in [0.1, 0.15) is 5.82 Å². The first kappa shape index (κ1) is 20.2. The molecule has 0 aromatic heterocycles. The fourth-order valence-electron chi connectivity index (χ4n) is 3.11. The molecule has 0 unspecified atom stereocenters. The summed E-state index contributed by atoms with van der Waals surface area (Å²) < 4.78 is 19.5. The second kappa shape index (κ2) is 8.52. The Kier molecular flexibility index (Phi) is 6.62. The van der Waals surface area contributed by atoms with Crippen LogP contribution in [-0.4, -0.2) is 54.6 Å². The van der Waals surface area contributed by atoms with Crippen molar-refractivity contribution in [3.63, 3.8) is 0 Å². The lowest BCUT2D eigenvalue weighted by Crippen LogP contribution is -2.45. The number of benzene rings is 1. The van der Waals surface area contributed by atoms with Gasteiger partial charge in [0.05, 0.1) is 12.0 Å². The Balaban J connectivity index is 2.03. The molecule has 6 heteroatoms. The molecule has 2 amide bonds. The van der Waals surface area contributed by atoms with Gasteiger partial charge in [-0.25, -0.2) is 9.18 Å². The number of halogens is 1. The Morgan fingerprint density at radius 2 is 1.73 bits per heavy atom. The van der Waals surface area contributed by atoms with Gasteiger partial charge in [-0.15, -0.1) is 0 Å². The zero-order valence-electron chi connectivity index (χ0n) is 16.1. The summed E-state index contributed by atoms with van der Waals surface area (Å²) in [6.07, 6.45) is 0.344. The first-order valence-corrected chi connectivity index (χ1v) is 9.19. The average molecular weight is 364 g/mol. The molecular weight excluding hydrogens is 335 g/mol. The van der Waals surface area contributed by atoms with E-state index in [-0.39, 0.29) is 23.7 Å². The Morgan fingerprint density at radius 1 is 1.12 bits per heavy atom. The monoisotopic (exact) mass is 364 g/mol. The second-order valence-corrected chi connectivity index (χ2v) is 7.71. The molecule has 1 heterocycles. The average Bonchev–Trinajstić information content (AvgIpc) is 2.85. The van der Waals surface area contributed by atoms with Crippen LogP contribution in [0.3, 0.4) is 0 Å². The molecular formula is C20H29FN2O3. The van der Waals surface area contributed by atoms with Crippen LogP contribution >= 0.6 is 0 Å². The summed E-state index contributed by atoms with van der Waals surface area (Å²) in [4.78, 5) is 28.6. The fraction of sp³-hybridized carbons (Fsp3) is 0.600. The smallest absolute Gasteiger partial charge is 0.409 e. The van der Waals surface area contributed by atoms with Crippen molar-refractivity contribution in [3.05, 3.63) is 35.6 Å². The van der Waals surface area contributed by atoms with Gasteiger partial charge in [0.25, 0.3) is 0 Å².